The van der Waals surface area contributed by atoms with Crippen LogP contribution in [0, 0.1) is 0 Å². The molecule has 0 bridgehead atoms. The predicted octanol–water partition coefficient (Wildman–Crippen LogP) is 9.98. The quantitative estimate of drug-likeness (QED) is 0.112. The summed E-state index contributed by atoms with van der Waals surface area (Å²) in [5.41, 5.74) is 0. The Morgan fingerprint density at radius 2 is 0.758 bits per heavy atom. The van der Waals surface area contributed by atoms with Crippen molar-refractivity contribution in [3.8, 4) is 0 Å². The van der Waals surface area contributed by atoms with E-state index in [-0.39, 0.29) is 6.10 Å². The summed E-state index contributed by atoms with van der Waals surface area (Å²) in [5, 5.41) is 18.8. The molecule has 1 atom stereocenters. The van der Waals surface area contributed by atoms with Gasteiger partial charge in [0.15, 0.2) is 0 Å². The van der Waals surface area contributed by atoms with Crippen LogP contribution in [0.2, 0.25) is 0 Å². The number of carbonyl (C=O) groups is 1. The lowest BCUT2D eigenvalue weighted by molar-refractivity contribution is -0.137. The van der Waals surface area contributed by atoms with E-state index in [1.165, 1.54) is 141 Å². The summed E-state index contributed by atoms with van der Waals surface area (Å²) in [6, 6.07) is 0. The molecular formula is C30H60O3. The van der Waals surface area contributed by atoms with Gasteiger partial charge in [-0.05, 0) is 19.3 Å². The number of unbranched alkanes of at least 4 members (excludes halogenated alkanes) is 22. The second-order valence-electron chi connectivity index (χ2n) is 10.5. The van der Waals surface area contributed by atoms with Crippen LogP contribution >= 0.6 is 0 Å². The highest BCUT2D eigenvalue weighted by atomic mass is 16.4. The average Bonchev–Trinajstić information content (AvgIpc) is 2.79. The van der Waals surface area contributed by atoms with Crippen molar-refractivity contribution in [2.24, 2.45) is 0 Å². The third-order valence-electron chi connectivity index (χ3n) is 7.07. The van der Waals surface area contributed by atoms with Crippen molar-refractivity contribution in [2.45, 2.75) is 186 Å². The fraction of sp³-hybridized carbons (Fsp3) is 0.967. The van der Waals surface area contributed by atoms with Crippen LogP contribution in [0.5, 0.6) is 0 Å². The minimum absolute atomic E-state index is 0.0822. The highest BCUT2D eigenvalue weighted by molar-refractivity contribution is 5.66. The molecule has 0 rings (SSSR count). The smallest absolute Gasteiger partial charge is 0.303 e. The highest BCUT2D eigenvalue weighted by Crippen LogP contribution is 2.16. The van der Waals surface area contributed by atoms with Gasteiger partial charge < -0.3 is 10.2 Å². The molecule has 0 aromatic rings. The molecule has 0 aliphatic carbocycles. The zero-order valence-electron chi connectivity index (χ0n) is 22.5. The zero-order chi connectivity index (χ0) is 24.2. The van der Waals surface area contributed by atoms with Crippen LogP contribution in [0.1, 0.15) is 180 Å². The Morgan fingerprint density at radius 1 is 0.485 bits per heavy atom. The number of hydrogen-bond donors (Lipinski definition) is 2. The molecule has 0 radical (unpaired) electrons. The molecule has 0 aliphatic rings. The summed E-state index contributed by atoms with van der Waals surface area (Å²) in [5.74, 6) is -0.670. The second-order valence-corrected chi connectivity index (χ2v) is 10.5. The van der Waals surface area contributed by atoms with E-state index in [2.05, 4.69) is 6.92 Å². The van der Waals surface area contributed by atoms with Crippen LogP contribution in [0.4, 0.5) is 0 Å². The van der Waals surface area contributed by atoms with Crippen molar-refractivity contribution in [1.82, 2.24) is 0 Å². The fourth-order valence-corrected chi connectivity index (χ4v) is 4.79. The summed E-state index contributed by atoms with van der Waals surface area (Å²) in [4.78, 5) is 10.4. The Hall–Kier alpha value is -0.570. The summed E-state index contributed by atoms with van der Waals surface area (Å²) in [6.07, 6.45) is 33.7. The van der Waals surface area contributed by atoms with E-state index in [4.69, 9.17) is 5.11 Å². The minimum Gasteiger partial charge on any atom is -0.481 e. The van der Waals surface area contributed by atoms with Crippen molar-refractivity contribution in [3.05, 3.63) is 0 Å². The number of hydrogen-bond acceptors (Lipinski definition) is 2. The molecule has 198 valence electrons. The predicted molar refractivity (Wildman–Crippen MR) is 144 cm³/mol. The lowest BCUT2D eigenvalue weighted by Gasteiger charge is -2.10. The number of aliphatic hydroxyl groups is 1. The van der Waals surface area contributed by atoms with Gasteiger partial charge in [0.1, 0.15) is 0 Å². The third kappa shape index (κ3) is 29.4. The molecule has 0 spiro atoms. The van der Waals surface area contributed by atoms with E-state index in [9.17, 15) is 9.90 Å². The molecule has 3 nitrogen and oxygen atoms in total. The van der Waals surface area contributed by atoms with Crippen LogP contribution in [0.15, 0.2) is 0 Å². The van der Waals surface area contributed by atoms with Crippen LogP contribution in [-0.2, 0) is 4.79 Å². The van der Waals surface area contributed by atoms with Crippen molar-refractivity contribution >= 4 is 5.97 Å². The van der Waals surface area contributed by atoms with Gasteiger partial charge in [-0.25, -0.2) is 0 Å². The molecule has 0 saturated carbocycles. The first-order chi connectivity index (χ1) is 16.2. The lowest BCUT2D eigenvalue weighted by atomic mass is 10.0. The molecule has 0 saturated heterocycles. The molecule has 0 aromatic heterocycles. The fourth-order valence-electron chi connectivity index (χ4n) is 4.79. The van der Waals surface area contributed by atoms with Gasteiger partial charge in [0.25, 0.3) is 0 Å². The van der Waals surface area contributed by atoms with Crippen LogP contribution in [0.3, 0.4) is 0 Å². The molecule has 2 N–H and O–H groups in total. The van der Waals surface area contributed by atoms with E-state index in [0.717, 1.165) is 25.7 Å². The number of aliphatic carboxylic acids is 1. The van der Waals surface area contributed by atoms with Crippen molar-refractivity contribution in [2.75, 3.05) is 0 Å². The molecule has 3 heteroatoms. The van der Waals surface area contributed by atoms with Gasteiger partial charge in [-0.15, -0.1) is 0 Å². The topological polar surface area (TPSA) is 57.5 Å². The first kappa shape index (κ1) is 32.4. The maximum absolute atomic E-state index is 10.4. The molecular weight excluding hydrogens is 408 g/mol. The SMILES string of the molecule is CCCCCCCCCCCCCCCCCC(O)CCCCCCCCCCCC(=O)O. The molecule has 0 heterocycles. The lowest BCUT2D eigenvalue weighted by Crippen LogP contribution is -2.05. The molecule has 0 aliphatic heterocycles. The zero-order valence-corrected chi connectivity index (χ0v) is 22.5. The maximum atomic E-state index is 10.4. The van der Waals surface area contributed by atoms with Gasteiger partial charge in [0.05, 0.1) is 6.10 Å². The number of carboxylic acid groups (broad SMARTS) is 1. The van der Waals surface area contributed by atoms with Crippen molar-refractivity contribution in [1.29, 1.82) is 0 Å². The summed E-state index contributed by atoms with van der Waals surface area (Å²) < 4.78 is 0. The first-order valence-electron chi connectivity index (χ1n) is 15.1. The third-order valence-corrected chi connectivity index (χ3v) is 7.07. The standard InChI is InChI=1S/C30H60O3/c1-2-3-4-5-6-7-8-9-10-11-12-14-17-20-23-26-29(31)27-24-21-18-15-13-16-19-22-25-28-30(32)33/h29,31H,2-28H2,1H3,(H,32,33). The van der Waals surface area contributed by atoms with Gasteiger partial charge >= 0.3 is 5.97 Å². The largest absolute Gasteiger partial charge is 0.481 e. The van der Waals surface area contributed by atoms with E-state index in [0.29, 0.717) is 6.42 Å². The van der Waals surface area contributed by atoms with Crippen LogP contribution in [0.25, 0.3) is 0 Å². The van der Waals surface area contributed by atoms with Crippen LogP contribution in [-0.4, -0.2) is 22.3 Å². The normalized spacial score (nSPS) is 12.3. The van der Waals surface area contributed by atoms with Gasteiger partial charge in [0.2, 0.25) is 0 Å². The van der Waals surface area contributed by atoms with Gasteiger partial charge in [-0.3, -0.25) is 4.79 Å². The minimum atomic E-state index is -0.670. The number of rotatable bonds is 28. The number of aliphatic hydroxyl groups excluding tert-OH is 1. The van der Waals surface area contributed by atoms with E-state index < -0.39 is 5.97 Å². The molecule has 33 heavy (non-hydrogen) atoms. The Bertz CT molecular complexity index is 383. The summed E-state index contributed by atoms with van der Waals surface area (Å²) in [7, 11) is 0. The Kier molecular flexibility index (Phi) is 27.2. The van der Waals surface area contributed by atoms with E-state index in [1.807, 2.05) is 0 Å². The molecule has 0 aromatic carbocycles. The molecule has 1 unspecified atom stereocenters. The van der Waals surface area contributed by atoms with E-state index in [1.54, 1.807) is 0 Å². The van der Waals surface area contributed by atoms with Crippen molar-refractivity contribution in [3.63, 3.8) is 0 Å². The highest BCUT2D eigenvalue weighted by Gasteiger charge is 2.04. The maximum Gasteiger partial charge on any atom is 0.303 e. The van der Waals surface area contributed by atoms with Crippen LogP contribution < -0.4 is 0 Å². The van der Waals surface area contributed by atoms with Gasteiger partial charge in [-0.1, -0.05) is 155 Å². The average molecular weight is 469 g/mol. The Balaban J connectivity index is 3.15. The van der Waals surface area contributed by atoms with Crippen molar-refractivity contribution < 1.29 is 15.0 Å². The van der Waals surface area contributed by atoms with E-state index >= 15 is 0 Å². The summed E-state index contributed by atoms with van der Waals surface area (Å²) in [6.45, 7) is 2.29. The molecule has 0 amide bonds. The Labute approximate surface area is 207 Å². The Morgan fingerprint density at radius 3 is 1.06 bits per heavy atom. The summed E-state index contributed by atoms with van der Waals surface area (Å²) >= 11 is 0. The number of carboxylic acids is 1. The molecule has 0 fully saturated rings. The second kappa shape index (κ2) is 27.7. The van der Waals surface area contributed by atoms with Gasteiger partial charge in [-0.2, -0.15) is 0 Å². The monoisotopic (exact) mass is 468 g/mol. The first-order valence-corrected chi connectivity index (χ1v) is 15.1. The van der Waals surface area contributed by atoms with Gasteiger partial charge in [0, 0.05) is 6.42 Å².